The highest BCUT2D eigenvalue weighted by atomic mass is 32.2. The fourth-order valence-corrected chi connectivity index (χ4v) is 3.69. The first kappa shape index (κ1) is 18.4. The van der Waals surface area contributed by atoms with E-state index in [1.807, 2.05) is 49.3 Å². The van der Waals surface area contributed by atoms with Crippen molar-refractivity contribution in [2.24, 2.45) is 0 Å². The average molecular weight is 348 g/mol. The first-order valence-corrected chi connectivity index (χ1v) is 9.25. The Morgan fingerprint density at radius 1 is 1.04 bits per heavy atom. The molecule has 0 saturated carbocycles. The maximum Gasteiger partial charge on any atom is 0.244 e. The maximum atomic E-state index is 12.6. The highest BCUT2D eigenvalue weighted by Gasteiger charge is 2.21. The van der Waals surface area contributed by atoms with Crippen LogP contribution in [0.5, 0.6) is 5.75 Å². The Morgan fingerprint density at radius 3 is 2.29 bits per heavy atom. The Kier molecular flexibility index (Phi) is 6.36. The molecule has 0 saturated heterocycles. The molecule has 130 valence electrons. The Hall–Kier alpha value is -1.89. The number of ether oxygens (including phenoxy) is 1. The summed E-state index contributed by atoms with van der Waals surface area (Å²) in [6.45, 7) is 0.322. The molecular weight excluding hydrogens is 324 g/mol. The van der Waals surface area contributed by atoms with Crippen LogP contribution < -0.4 is 9.46 Å². The molecule has 2 aromatic rings. The lowest BCUT2D eigenvalue weighted by atomic mass is 10.1. The van der Waals surface area contributed by atoms with E-state index in [0.717, 1.165) is 6.42 Å². The molecule has 0 aromatic heterocycles. The zero-order valence-electron chi connectivity index (χ0n) is 14.3. The summed E-state index contributed by atoms with van der Waals surface area (Å²) in [5, 5.41) is 0. The number of likely N-dealkylation sites (N-methyl/N-ethyl adjacent to an activating group) is 1. The largest absolute Gasteiger partial charge is 0.495 e. The van der Waals surface area contributed by atoms with E-state index >= 15 is 0 Å². The molecule has 6 heteroatoms. The Labute approximate surface area is 144 Å². The standard InChI is InChI=1S/C18H24N2O3S/c1-20(2)16(13-15-9-5-4-6-10-15)14-19-24(21,22)18-12-8-7-11-17(18)23-3/h4-12,16,19H,13-14H2,1-3H3. The molecule has 2 aromatic carbocycles. The van der Waals surface area contributed by atoms with Gasteiger partial charge in [-0.1, -0.05) is 42.5 Å². The quantitative estimate of drug-likeness (QED) is 0.794. The molecule has 0 aliphatic rings. The number of nitrogens with one attached hydrogen (secondary N) is 1. The zero-order valence-corrected chi connectivity index (χ0v) is 15.1. The second-order valence-electron chi connectivity index (χ2n) is 5.81. The zero-order chi connectivity index (χ0) is 17.6. The minimum Gasteiger partial charge on any atom is -0.495 e. The summed E-state index contributed by atoms with van der Waals surface area (Å²) in [7, 11) is 1.74. The van der Waals surface area contributed by atoms with Crippen LogP contribution in [0.4, 0.5) is 0 Å². The van der Waals surface area contributed by atoms with Crippen LogP contribution in [0.15, 0.2) is 59.5 Å². The third-order valence-electron chi connectivity index (χ3n) is 3.91. The molecule has 0 bridgehead atoms. The van der Waals surface area contributed by atoms with Crippen molar-refractivity contribution in [2.45, 2.75) is 17.4 Å². The van der Waals surface area contributed by atoms with Crippen LogP contribution in [-0.4, -0.2) is 47.1 Å². The second kappa shape index (κ2) is 8.28. The number of nitrogens with zero attached hydrogens (tertiary/aromatic N) is 1. The molecule has 24 heavy (non-hydrogen) atoms. The number of hydrogen-bond donors (Lipinski definition) is 1. The first-order chi connectivity index (χ1) is 11.4. The lowest BCUT2D eigenvalue weighted by Crippen LogP contribution is -2.41. The number of benzene rings is 2. The molecule has 0 fully saturated rings. The summed E-state index contributed by atoms with van der Waals surface area (Å²) in [5.74, 6) is 0.342. The van der Waals surface area contributed by atoms with Crippen LogP contribution in [0.25, 0.3) is 0 Å². The van der Waals surface area contributed by atoms with Crippen LogP contribution in [0.3, 0.4) is 0 Å². The summed E-state index contributed by atoms with van der Waals surface area (Å²) in [6.07, 6.45) is 0.766. The van der Waals surface area contributed by atoms with Gasteiger partial charge in [0.25, 0.3) is 0 Å². The topological polar surface area (TPSA) is 58.6 Å². The van der Waals surface area contributed by atoms with Gasteiger partial charge in [-0.05, 0) is 38.2 Å². The summed E-state index contributed by atoms with van der Waals surface area (Å²) >= 11 is 0. The average Bonchev–Trinajstić information content (AvgIpc) is 2.59. The van der Waals surface area contributed by atoms with Crippen molar-refractivity contribution in [3.05, 3.63) is 60.2 Å². The molecule has 1 unspecified atom stereocenters. The fourth-order valence-electron chi connectivity index (χ4n) is 2.45. The fraction of sp³-hybridized carbons (Fsp3) is 0.333. The SMILES string of the molecule is COc1ccccc1S(=O)(=O)NCC(Cc1ccccc1)N(C)C. The third-order valence-corrected chi connectivity index (χ3v) is 5.38. The molecule has 0 aliphatic carbocycles. The van der Waals surface area contributed by atoms with E-state index in [-0.39, 0.29) is 10.9 Å². The van der Waals surface area contributed by atoms with E-state index in [4.69, 9.17) is 4.74 Å². The number of rotatable bonds is 8. The normalized spacial score (nSPS) is 13.0. The number of sulfonamides is 1. The number of para-hydroxylation sites is 1. The molecule has 2 rings (SSSR count). The predicted octanol–water partition coefficient (Wildman–Crippen LogP) is 2.15. The minimum atomic E-state index is -3.63. The Bertz CT molecular complexity index is 746. The van der Waals surface area contributed by atoms with Gasteiger partial charge in [0.15, 0.2) is 0 Å². The van der Waals surface area contributed by atoms with Gasteiger partial charge in [0, 0.05) is 12.6 Å². The summed E-state index contributed by atoms with van der Waals surface area (Å²) in [4.78, 5) is 2.18. The van der Waals surface area contributed by atoms with E-state index < -0.39 is 10.0 Å². The van der Waals surface area contributed by atoms with Crippen molar-refractivity contribution < 1.29 is 13.2 Å². The van der Waals surface area contributed by atoms with Crippen LogP contribution in [0, 0.1) is 0 Å². The van der Waals surface area contributed by atoms with Crippen molar-refractivity contribution >= 4 is 10.0 Å². The van der Waals surface area contributed by atoms with Crippen LogP contribution in [-0.2, 0) is 16.4 Å². The molecule has 0 aliphatic heterocycles. The van der Waals surface area contributed by atoms with Crippen molar-refractivity contribution in [1.29, 1.82) is 0 Å². The molecule has 0 radical (unpaired) electrons. The van der Waals surface area contributed by atoms with Crippen molar-refractivity contribution in [3.63, 3.8) is 0 Å². The van der Waals surface area contributed by atoms with Crippen LogP contribution in [0.1, 0.15) is 5.56 Å². The Morgan fingerprint density at radius 2 is 1.67 bits per heavy atom. The lowest BCUT2D eigenvalue weighted by molar-refractivity contribution is 0.291. The summed E-state index contributed by atoms with van der Waals surface area (Å²) < 4.78 is 33.0. The molecule has 0 spiro atoms. The van der Waals surface area contributed by atoms with Crippen molar-refractivity contribution in [2.75, 3.05) is 27.7 Å². The summed E-state index contributed by atoms with van der Waals surface area (Å²) in [5.41, 5.74) is 1.17. The van der Waals surface area contributed by atoms with Crippen LogP contribution in [0.2, 0.25) is 0 Å². The van der Waals surface area contributed by atoms with E-state index in [1.54, 1.807) is 24.3 Å². The Balaban J connectivity index is 2.11. The van der Waals surface area contributed by atoms with Crippen molar-refractivity contribution in [1.82, 2.24) is 9.62 Å². The molecule has 0 amide bonds. The molecule has 5 nitrogen and oxygen atoms in total. The number of methoxy groups -OCH3 is 1. The highest BCUT2D eigenvalue weighted by Crippen LogP contribution is 2.22. The van der Waals surface area contributed by atoms with Gasteiger partial charge in [-0.2, -0.15) is 0 Å². The molecule has 1 atom stereocenters. The monoisotopic (exact) mass is 348 g/mol. The van der Waals surface area contributed by atoms with E-state index in [0.29, 0.717) is 12.3 Å². The first-order valence-electron chi connectivity index (χ1n) is 7.77. The highest BCUT2D eigenvalue weighted by molar-refractivity contribution is 7.89. The van der Waals surface area contributed by atoms with Gasteiger partial charge in [0.2, 0.25) is 10.0 Å². The molecular formula is C18H24N2O3S. The van der Waals surface area contributed by atoms with Crippen molar-refractivity contribution in [3.8, 4) is 5.75 Å². The minimum absolute atomic E-state index is 0.0527. The van der Waals surface area contributed by atoms with Gasteiger partial charge in [0.05, 0.1) is 7.11 Å². The van der Waals surface area contributed by atoms with Gasteiger partial charge < -0.3 is 9.64 Å². The lowest BCUT2D eigenvalue weighted by Gasteiger charge is -2.25. The van der Waals surface area contributed by atoms with E-state index in [1.165, 1.54) is 12.7 Å². The van der Waals surface area contributed by atoms with E-state index in [9.17, 15) is 8.42 Å². The second-order valence-corrected chi connectivity index (χ2v) is 7.55. The van der Waals surface area contributed by atoms with E-state index in [2.05, 4.69) is 4.72 Å². The predicted molar refractivity (Wildman–Crippen MR) is 95.8 cm³/mol. The van der Waals surface area contributed by atoms with Gasteiger partial charge >= 0.3 is 0 Å². The van der Waals surface area contributed by atoms with Crippen LogP contribution >= 0.6 is 0 Å². The maximum absolute atomic E-state index is 12.6. The third kappa shape index (κ3) is 4.80. The smallest absolute Gasteiger partial charge is 0.244 e. The van der Waals surface area contributed by atoms with Gasteiger partial charge in [-0.3, -0.25) is 0 Å². The van der Waals surface area contributed by atoms with Gasteiger partial charge in [-0.15, -0.1) is 0 Å². The number of hydrogen-bond acceptors (Lipinski definition) is 4. The van der Waals surface area contributed by atoms with Gasteiger partial charge in [-0.25, -0.2) is 13.1 Å². The summed E-state index contributed by atoms with van der Waals surface area (Å²) in [6, 6.07) is 16.7. The van der Waals surface area contributed by atoms with Gasteiger partial charge in [0.1, 0.15) is 10.6 Å². The molecule has 0 heterocycles. The molecule has 1 N–H and O–H groups in total.